The van der Waals surface area contributed by atoms with E-state index in [2.05, 4.69) is 20.4 Å². The van der Waals surface area contributed by atoms with Crippen LogP contribution in [0.5, 0.6) is 0 Å². The van der Waals surface area contributed by atoms with Gasteiger partial charge in [-0.1, -0.05) is 54.1 Å². The number of halogens is 1. The maximum absolute atomic E-state index is 12.7. The number of esters is 2. The van der Waals surface area contributed by atoms with Gasteiger partial charge in [-0.05, 0) is 17.7 Å². The molecule has 0 unspecified atom stereocenters. The van der Waals surface area contributed by atoms with Crippen LogP contribution in [0, 0.1) is 0 Å². The van der Waals surface area contributed by atoms with Crippen molar-refractivity contribution in [2.45, 2.75) is 18.9 Å². The van der Waals surface area contributed by atoms with Crippen LogP contribution in [0.3, 0.4) is 0 Å². The van der Waals surface area contributed by atoms with Crippen molar-refractivity contribution in [3.8, 4) is 0 Å². The molecule has 1 heterocycles. The van der Waals surface area contributed by atoms with E-state index >= 15 is 0 Å². The van der Waals surface area contributed by atoms with Gasteiger partial charge in [-0.2, -0.15) is 0 Å². The second-order valence-corrected chi connectivity index (χ2v) is 8.49. The van der Waals surface area contributed by atoms with Crippen LogP contribution in [-0.4, -0.2) is 42.5 Å². The minimum atomic E-state index is -0.699. The van der Waals surface area contributed by atoms with Crippen molar-refractivity contribution in [1.29, 1.82) is 0 Å². The van der Waals surface area contributed by atoms with Gasteiger partial charge in [-0.15, -0.1) is 11.3 Å². The summed E-state index contributed by atoms with van der Waals surface area (Å²) in [7, 11) is 1.27. The van der Waals surface area contributed by atoms with Crippen LogP contribution in [-0.2, 0) is 30.3 Å². The molecule has 1 aromatic heterocycles. The number of nitrogens with one attached hydrogen (secondary N) is 2. The standard InChI is InChI=1S/C24H22ClN3O6S/c1-33-21(30)11-16-14-35-24(26-16)28-20(29)13-34-22(31)12-19(15-7-3-2-4-8-15)27-23(32)17-9-5-6-10-18(17)25/h2-10,14,19H,11-13H2,1H3,(H,27,32)(H,26,28,29)/t19-/m1/s1. The second-order valence-electron chi connectivity index (χ2n) is 7.23. The number of methoxy groups -OCH3 is 1. The Morgan fingerprint density at radius 3 is 2.46 bits per heavy atom. The fraction of sp³-hybridized carbons (Fsp3) is 0.208. The van der Waals surface area contributed by atoms with E-state index in [1.54, 1.807) is 53.9 Å². The average molecular weight is 516 g/mol. The SMILES string of the molecule is COC(=O)Cc1csc(NC(=O)COC(=O)C[C@@H](NC(=O)c2ccccc2Cl)c2ccccc2)n1. The first-order valence-corrected chi connectivity index (χ1v) is 11.7. The minimum Gasteiger partial charge on any atom is -0.469 e. The summed E-state index contributed by atoms with van der Waals surface area (Å²) >= 11 is 7.24. The van der Waals surface area contributed by atoms with Gasteiger partial charge in [0, 0.05) is 5.38 Å². The molecular weight excluding hydrogens is 494 g/mol. The van der Waals surface area contributed by atoms with Crippen LogP contribution >= 0.6 is 22.9 Å². The first kappa shape index (κ1) is 25.9. The first-order chi connectivity index (χ1) is 16.9. The highest BCUT2D eigenvalue weighted by molar-refractivity contribution is 7.13. The molecule has 35 heavy (non-hydrogen) atoms. The van der Waals surface area contributed by atoms with E-state index in [0.717, 1.165) is 11.3 Å². The van der Waals surface area contributed by atoms with Crippen molar-refractivity contribution < 1.29 is 28.7 Å². The molecule has 0 saturated heterocycles. The van der Waals surface area contributed by atoms with Gasteiger partial charge in [0.25, 0.3) is 11.8 Å². The molecular formula is C24H22ClN3O6S. The summed E-state index contributed by atoms with van der Waals surface area (Å²) in [6.45, 7) is -0.537. The third kappa shape index (κ3) is 7.90. The zero-order valence-corrected chi connectivity index (χ0v) is 20.2. The Morgan fingerprint density at radius 2 is 1.74 bits per heavy atom. The number of rotatable bonds is 10. The van der Waals surface area contributed by atoms with Gasteiger partial charge in [0.2, 0.25) is 0 Å². The fourth-order valence-corrected chi connectivity index (χ4v) is 3.96. The summed E-state index contributed by atoms with van der Waals surface area (Å²) in [6, 6.07) is 14.8. The number of carbonyl (C=O) groups is 4. The Morgan fingerprint density at radius 1 is 1.03 bits per heavy atom. The summed E-state index contributed by atoms with van der Waals surface area (Å²) in [5, 5.41) is 7.47. The monoisotopic (exact) mass is 515 g/mol. The summed E-state index contributed by atoms with van der Waals surface area (Å²) < 4.78 is 9.68. The molecule has 0 spiro atoms. The third-order valence-electron chi connectivity index (χ3n) is 4.71. The molecule has 2 aromatic carbocycles. The van der Waals surface area contributed by atoms with Gasteiger partial charge < -0.3 is 14.8 Å². The normalized spacial score (nSPS) is 11.3. The quantitative estimate of drug-likeness (QED) is 0.396. The summed E-state index contributed by atoms with van der Waals surface area (Å²) in [5.74, 6) is -2.16. The first-order valence-electron chi connectivity index (χ1n) is 10.4. The number of aromatic nitrogens is 1. The number of anilines is 1. The molecule has 2 amide bonds. The molecule has 0 aliphatic heterocycles. The maximum atomic E-state index is 12.7. The van der Waals surface area contributed by atoms with Crippen molar-refractivity contribution in [3.63, 3.8) is 0 Å². The highest BCUT2D eigenvalue weighted by Gasteiger charge is 2.22. The van der Waals surface area contributed by atoms with Gasteiger partial charge in [0.15, 0.2) is 11.7 Å². The molecule has 0 radical (unpaired) electrons. The predicted octanol–water partition coefficient (Wildman–Crippen LogP) is 3.56. The lowest BCUT2D eigenvalue weighted by molar-refractivity contribution is -0.147. The van der Waals surface area contributed by atoms with Gasteiger partial charge in [0.05, 0.1) is 42.3 Å². The molecule has 3 aromatic rings. The number of benzene rings is 2. The molecule has 0 aliphatic rings. The molecule has 0 fully saturated rings. The zero-order valence-electron chi connectivity index (χ0n) is 18.7. The van der Waals surface area contributed by atoms with E-state index in [-0.39, 0.29) is 28.6 Å². The fourth-order valence-electron chi connectivity index (χ4n) is 3.01. The largest absolute Gasteiger partial charge is 0.469 e. The second kappa shape index (κ2) is 12.6. The number of hydrogen-bond acceptors (Lipinski definition) is 8. The van der Waals surface area contributed by atoms with Crippen molar-refractivity contribution in [3.05, 3.63) is 81.8 Å². The molecule has 0 bridgehead atoms. The average Bonchev–Trinajstić information content (AvgIpc) is 3.29. The van der Waals surface area contributed by atoms with Crippen LogP contribution in [0.2, 0.25) is 5.02 Å². The Labute approximate surface area is 210 Å². The molecule has 1 atom stereocenters. The molecule has 9 nitrogen and oxygen atoms in total. The Kier molecular flexibility index (Phi) is 9.33. The number of thiazole rings is 1. The molecule has 11 heteroatoms. The smallest absolute Gasteiger partial charge is 0.311 e. The molecule has 2 N–H and O–H groups in total. The van der Waals surface area contributed by atoms with Gasteiger partial charge in [0.1, 0.15) is 0 Å². The molecule has 182 valence electrons. The summed E-state index contributed by atoms with van der Waals surface area (Å²) in [6.07, 6.45) is -0.216. The maximum Gasteiger partial charge on any atom is 0.311 e. The topological polar surface area (TPSA) is 124 Å². The molecule has 3 rings (SSSR count). The summed E-state index contributed by atoms with van der Waals surface area (Å²) in [4.78, 5) is 52.8. The van der Waals surface area contributed by atoms with Crippen LogP contribution in [0.1, 0.15) is 34.1 Å². The lowest BCUT2D eigenvalue weighted by atomic mass is 10.0. The number of hydrogen-bond donors (Lipinski definition) is 2. The number of ether oxygens (including phenoxy) is 2. The molecule has 0 aliphatic carbocycles. The third-order valence-corrected chi connectivity index (χ3v) is 5.85. The van der Waals surface area contributed by atoms with E-state index in [0.29, 0.717) is 11.3 Å². The summed E-state index contributed by atoms with van der Waals surface area (Å²) in [5.41, 5.74) is 1.42. The van der Waals surface area contributed by atoms with Gasteiger partial charge in [-0.3, -0.25) is 24.5 Å². The van der Waals surface area contributed by atoms with Crippen LogP contribution in [0.4, 0.5) is 5.13 Å². The molecule has 0 saturated carbocycles. The Balaban J connectivity index is 1.56. The van der Waals surface area contributed by atoms with Crippen LogP contribution < -0.4 is 10.6 Å². The highest BCUT2D eigenvalue weighted by Crippen LogP contribution is 2.21. The van der Waals surface area contributed by atoms with Gasteiger partial charge >= 0.3 is 11.9 Å². The van der Waals surface area contributed by atoms with Crippen LogP contribution in [0.15, 0.2) is 60.0 Å². The number of carbonyl (C=O) groups excluding carboxylic acids is 4. The Hall–Kier alpha value is -3.76. The van der Waals surface area contributed by atoms with E-state index in [4.69, 9.17) is 16.3 Å². The van der Waals surface area contributed by atoms with Crippen LogP contribution in [0.25, 0.3) is 0 Å². The number of nitrogens with zero attached hydrogens (tertiary/aromatic N) is 1. The zero-order chi connectivity index (χ0) is 25.2. The van der Waals surface area contributed by atoms with Crippen molar-refractivity contribution in [2.75, 3.05) is 19.0 Å². The Bertz CT molecular complexity index is 1200. The van der Waals surface area contributed by atoms with E-state index in [1.807, 2.05) is 6.07 Å². The predicted molar refractivity (Wildman–Crippen MR) is 130 cm³/mol. The van der Waals surface area contributed by atoms with Crippen molar-refractivity contribution in [1.82, 2.24) is 10.3 Å². The lowest BCUT2D eigenvalue weighted by Crippen LogP contribution is -2.31. The van der Waals surface area contributed by atoms with Gasteiger partial charge in [-0.25, -0.2) is 4.98 Å². The van der Waals surface area contributed by atoms with Crippen molar-refractivity contribution >= 4 is 51.8 Å². The highest BCUT2D eigenvalue weighted by atomic mass is 35.5. The minimum absolute atomic E-state index is 0.0152. The van der Waals surface area contributed by atoms with Crippen molar-refractivity contribution in [2.24, 2.45) is 0 Å². The van der Waals surface area contributed by atoms with E-state index in [1.165, 1.54) is 7.11 Å². The lowest BCUT2D eigenvalue weighted by Gasteiger charge is -2.19. The van der Waals surface area contributed by atoms with E-state index in [9.17, 15) is 19.2 Å². The van der Waals surface area contributed by atoms with E-state index < -0.39 is 36.4 Å². The number of amides is 2.